The van der Waals surface area contributed by atoms with E-state index in [1.807, 2.05) is 20.8 Å². The van der Waals surface area contributed by atoms with Crippen molar-refractivity contribution in [1.82, 2.24) is 10.2 Å². The van der Waals surface area contributed by atoms with Crippen molar-refractivity contribution in [3.05, 3.63) is 0 Å². The van der Waals surface area contributed by atoms with Gasteiger partial charge in [-0.15, -0.1) is 0 Å². The maximum Gasteiger partial charge on any atom is 0.410 e. The highest BCUT2D eigenvalue weighted by atomic mass is 16.6. The Morgan fingerprint density at radius 2 is 1.94 bits per heavy atom. The van der Waals surface area contributed by atoms with Crippen LogP contribution in [0.3, 0.4) is 0 Å². The van der Waals surface area contributed by atoms with Gasteiger partial charge in [-0.2, -0.15) is 0 Å². The van der Waals surface area contributed by atoms with Crippen molar-refractivity contribution in [3.8, 4) is 0 Å². The first-order chi connectivity index (χ1) is 8.38. The van der Waals surface area contributed by atoms with E-state index >= 15 is 0 Å². The first-order valence-electron chi connectivity index (χ1n) is 6.75. The van der Waals surface area contributed by atoms with Gasteiger partial charge in [0.15, 0.2) is 0 Å². The number of hydrogen-bond donors (Lipinski definition) is 2. The summed E-state index contributed by atoms with van der Waals surface area (Å²) in [5.41, 5.74) is -0.361. The summed E-state index contributed by atoms with van der Waals surface area (Å²) in [5.74, 6) is 0. The monoisotopic (exact) mass is 258 g/mol. The fraction of sp³-hybridized carbons (Fsp3) is 0.923. The van der Waals surface area contributed by atoms with E-state index < -0.39 is 0 Å². The predicted octanol–water partition coefficient (Wildman–Crippen LogP) is 1.36. The highest BCUT2D eigenvalue weighted by molar-refractivity contribution is 5.68. The molecule has 18 heavy (non-hydrogen) atoms. The second-order valence-corrected chi connectivity index (χ2v) is 5.82. The molecule has 0 saturated carbocycles. The van der Waals surface area contributed by atoms with Crippen LogP contribution in [-0.2, 0) is 4.74 Å². The number of carbonyl (C=O) groups excluding carboxylic acids is 1. The minimum Gasteiger partial charge on any atom is -0.444 e. The van der Waals surface area contributed by atoms with Crippen molar-refractivity contribution in [2.75, 3.05) is 26.2 Å². The zero-order valence-electron chi connectivity index (χ0n) is 11.7. The first-order valence-corrected chi connectivity index (χ1v) is 6.75. The molecular weight excluding hydrogens is 232 g/mol. The number of aliphatic hydroxyl groups excluding tert-OH is 1. The number of amides is 1. The van der Waals surface area contributed by atoms with Crippen LogP contribution in [0.15, 0.2) is 0 Å². The molecule has 0 aromatic rings. The lowest BCUT2D eigenvalue weighted by atomic mass is 10.2. The maximum atomic E-state index is 11.4. The highest BCUT2D eigenvalue weighted by Crippen LogP contribution is 2.14. The largest absolute Gasteiger partial charge is 0.444 e. The lowest BCUT2D eigenvalue weighted by Gasteiger charge is -2.23. The Balaban J connectivity index is 0.000000225. The quantitative estimate of drug-likeness (QED) is 0.688. The van der Waals surface area contributed by atoms with Crippen molar-refractivity contribution in [2.24, 2.45) is 0 Å². The van der Waals surface area contributed by atoms with Crippen LogP contribution in [0.5, 0.6) is 0 Å². The molecule has 0 aromatic carbocycles. The lowest BCUT2D eigenvalue weighted by Crippen LogP contribution is -2.34. The summed E-state index contributed by atoms with van der Waals surface area (Å²) in [4.78, 5) is 13.1. The van der Waals surface area contributed by atoms with E-state index in [0.29, 0.717) is 0 Å². The molecule has 0 bridgehead atoms. The van der Waals surface area contributed by atoms with Gasteiger partial charge in [-0.05, 0) is 46.6 Å². The summed E-state index contributed by atoms with van der Waals surface area (Å²) in [6, 6.07) is 0. The molecule has 1 unspecified atom stereocenters. The number of likely N-dealkylation sites (tertiary alicyclic amines) is 1. The van der Waals surface area contributed by atoms with Crippen LogP contribution < -0.4 is 5.32 Å². The molecule has 2 saturated heterocycles. The molecule has 5 nitrogen and oxygen atoms in total. The molecule has 0 aromatic heterocycles. The summed E-state index contributed by atoms with van der Waals surface area (Å²) in [5, 5.41) is 11.7. The second kappa shape index (κ2) is 6.95. The minimum absolute atomic E-state index is 0.0648. The minimum atomic E-state index is -0.361. The number of nitrogens with zero attached hydrogens (tertiary/aromatic N) is 1. The molecule has 2 N–H and O–H groups in total. The Hall–Kier alpha value is -0.810. The van der Waals surface area contributed by atoms with Gasteiger partial charge in [0.1, 0.15) is 5.60 Å². The van der Waals surface area contributed by atoms with Crippen molar-refractivity contribution < 1.29 is 14.6 Å². The third-order valence-corrected chi connectivity index (χ3v) is 2.79. The molecule has 5 heteroatoms. The first kappa shape index (κ1) is 15.2. The van der Waals surface area contributed by atoms with Crippen LogP contribution in [-0.4, -0.2) is 54.0 Å². The molecule has 2 aliphatic rings. The smallest absolute Gasteiger partial charge is 0.410 e. The number of nitrogens with one attached hydrogen (secondary N) is 1. The van der Waals surface area contributed by atoms with Gasteiger partial charge in [-0.25, -0.2) is 4.79 Å². The standard InChI is InChI=1S/C9H17NO2.C4H9NO/c1-9(2,3)12-8(11)10-6-4-5-7-10;6-4-1-2-5-3-4/h4-7H2,1-3H3;4-6H,1-3H2. The fourth-order valence-corrected chi connectivity index (χ4v) is 1.87. The SMILES string of the molecule is CC(C)(C)OC(=O)N1CCCC1.OC1CCNC1. The van der Waals surface area contributed by atoms with Crippen molar-refractivity contribution >= 4 is 6.09 Å². The van der Waals surface area contributed by atoms with Crippen LogP contribution in [0.2, 0.25) is 0 Å². The summed E-state index contributed by atoms with van der Waals surface area (Å²) < 4.78 is 5.21. The van der Waals surface area contributed by atoms with E-state index in [-0.39, 0.29) is 17.8 Å². The zero-order valence-corrected chi connectivity index (χ0v) is 11.7. The number of carbonyl (C=O) groups is 1. The molecule has 0 radical (unpaired) electrons. The van der Waals surface area contributed by atoms with Gasteiger partial charge in [-0.1, -0.05) is 0 Å². The topological polar surface area (TPSA) is 61.8 Å². The molecule has 106 valence electrons. The molecule has 1 amide bonds. The zero-order chi connectivity index (χ0) is 13.6. The van der Waals surface area contributed by atoms with Crippen LogP contribution in [0.25, 0.3) is 0 Å². The number of rotatable bonds is 0. The molecule has 0 spiro atoms. The van der Waals surface area contributed by atoms with Crippen LogP contribution in [0.4, 0.5) is 4.79 Å². The number of ether oxygens (including phenoxy) is 1. The van der Waals surface area contributed by atoms with Crippen LogP contribution in [0.1, 0.15) is 40.0 Å². The van der Waals surface area contributed by atoms with E-state index in [1.54, 1.807) is 4.90 Å². The highest BCUT2D eigenvalue weighted by Gasteiger charge is 2.23. The Labute approximate surface area is 109 Å². The fourth-order valence-electron chi connectivity index (χ4n) is 1.87. The van der Waals surface area contributed by atoms with Gasteiger partial charge in [0.25, 0.3) is 0 Å². The Kier molecular flexibility index (Phi) is 5.88. The Bertz CT molecular complexity index is 251. The summed E-state index contributed by atoms with van der Waals surface area (Å²) >= 11 is 0. The van der Waals surface area contributed by atoms with E-state index in [4.69, 9.17) is 9.84 Å². The molecule has 2 fully saturated rings. The van der Waals surface area contributed by atoms with Gasteiger partial charge in [0, 0.05) is 19.6 Å². The molecule has 2 rings (SSSR count). The molecule has 2 heterocycles. The third-order valence-electron chi connectivity index (χ3n) is 2.79. The number of β-amino-alcohol motifs (C(OH)–C–C–N with tert-alkyl or cyclic N) is 1. The predicted molar refractivity (Wildman–Crippen MR) is 70.5 cm³/mol. The lowest BCUT2D eigenvalue weighted by molar-refractivity contribution is 0.0295. The number of hydrogen-bond acceptors (Lipinski definition) is 4. The average Bonchev–Trinajstić information content (AvgIpc) is 2.86. The Morgan fingerprint density at radius 1 is 1.33 bits per heavy atom. The third kappa shape index (κ3) is 6.21. The average molecular weight is 258 g/mol. The molecule has 1 atom stereocenters. The Morgan fingerprint density at radius 3 is 2.28 bits per heavy atom. The van der Waals surface area contributed by atoms with Crippen molar-refractivity contribution in [3.63, 3.8) is 0 Å². The molecule has 2 aliphatic heterocycles. The summed E-state index contributed by atoms with van der Waals surface area (Å²) in [6.45, 7) is 9.16. The summed E-state index contributed by atoms with van der Waals surface area (Å²) in [7, 11) is 0. The normalized spacial score (nSPS) is 23.6. The van der Waals surface area contributed by atoms with Gasteiger partial charge in [0.05, 0.1) is 6.10 Å². The van der Waals surface area contributed by atoms with Gasteiger partial charge in [0.2, 0.25) is 0 Å². The number of aliphatic hydroxyl groups is 1. The van der Waals surface area contributed by atoms with E-state index in [9.17, 15) is 4.79 Å². The second-order valence-electron chi connectivity index (χ2n) is 5.82. The van der Waals surface area contributed by atoms with Crippen LogP contribution in [0, 0.1) is 0 Å². The summed E-state index contributed by atoms with van der Waals surface area (Å²) in [6.07, 6.45) is 2.92. The van der Waals surface area contributed by atoms with Crippen molar-refractivity contribution in [2.45, 2.75) is 51.7 Å². The molecular formula is C13H26N2O3. The molecule has 0 aliphatic carbocycles. The van der Waals surface area contributed by atoms with Crippen LogP contribution >= 0.6 is 0 Å². The van der Waals surface area contributed by atoms with Gasteiger partial charge in [-0.3, -0.25) is 0 Å². The van der Waals surface area contributed by atoms with E-state index in [0.717, 1.165) is 45.4 Å². The van der Waals surface area contributed by atoms with E-state index in [2.05, 4.69) is 5.32 Å². The van der Waals surface area contributed by atoms with Crippen molar-refractivity contribution in [1.29, 1.82) is 0 Å². The van der Waals surface area contributed by atoms with E-state index in [1.165, 1.54) is 0 Å². The maximum absolute atomic E-state index is 11.4. The van der Waals surface area contributed by atoms with Gasteiger partial charge < -0.3 is 20.1 Å². The van der Waals surface area contributed by atoms with Gasteiger partial charge >= 0.3 is 6.09 Å².